The molecule has 1 heterocycles. The Kier molecular flexibility index (Phi) is 7.09. The molecule has 30 heavy (non-hydrogen) atoms. The summed E-state index contributed by atoms with van der Waals surface area (Å²) < 4.78 is 0. The molecular formula is C26H26ClNO2. The molecule has 0 spiro atoms. The van der Waals surface area contributed by atoms with Gasteiger partial charge < -0.3 is 0 Å². The van der Waals surface area contributed by atoms with Crippen LogP contribution in [0.3, 0.4) is 0 Å². The predicted molar refractivity (Wildman–Crippen MR) is 123 cm³/mol. The highest BCUT2D eigenvalue weighted by atomic mass is 35.5. The minimum absolute atomic E-state index is 0.00687. The van der Waals surface area contributed by atoms with Crippen molar-refractivity contribution in [1.29, 1.82) is 0 Å². The largest absolute Gasteiger partial charge is 0.272 e. The number of hydroxylamine groups is 2. The van der Waals surface area contributed by atoms with Crippen molar-refractivity contribution in [3.63, 3.8) is 0 Å². The molecule has 0 saturated carbocycles. The molecule has 1 aliphatic rings. The first kappa shape index (κ1) is 21.8. The Morgan fingerprint density at radius 2 is 1.43 bits per heavy atom. The highest BCUT2D eigenvalue weighted by molar-refractivity contribution is 6.31. The van der Waals surface area contributed by atoms with Crippen LogP contribution in [0, 0.1) is 5.41 Å². The zero-order valence-corrected chi connectivity index (χ0v) is 18.1. The predicted octanol–water partition coefficient (Wildman–Crippen LogP) is 6.39. The van der Waals surface area contributed by atoms with Gasteiger partial charge in [0.05, 0.1) is 18.6 Å². The van der Waals surface area contributed by atoms with Gasteiger partial charge in [-0.1, -0.05) is 97.0 Å². The number of hydrogen-bond donors (Lipinski definition) is 0. The molecule has 0 radical (unpaired) electrons. The van der Waals surface area contributed by atoms with Crippen LogP contribution in [0.4, 0.5) is 0 Å². The first-order valence-corrected chi connectivity index (χ1v) is 10.2. The van der Waals surface area contributed by atoms with E-state index in [-0.39, 0.29) is 5.91 Å². The van der Waals surface area contributed by atoms with E-state index in [1.54, 1.807) is 0 Å². The number of benzene rings is 3. The maximum absolute atomic E-state index is 11.9. The Balaban J connectivity index is 0.000000172. The maximum atomic E-state index is 11.9. The topological polar surface area (TPSA) is 29.5 Å². The van der Waals surface area contributed by atoms with Crippen LogP contribution in [-0.4, -0.2) is 17.6 Å². The second-order valence-electron chi connectivity index (χ2n) is 7.80. The van der Waals surface area contributed by atoms with Gasteiger partial charge in [-0.3, -0.25) is 9.63 Å². The molecule has 4 heteroatoms. The second-order valence-corrected chi connectivity index (χ2v) is 8.21. The van der Waals surface area contributed by atoms with Crippen molar-refractivity contribution in [2.45, 2.75) is 20.4 Å². The van der Waals surface area contributed by atoms with Gasteiger partial charge in [0.15, 0.2) is 0 Å². The highest BCUT2D eigenvalue weighted by Crippen LogP contribution is 2.29. The molecule has 0 unspecified atom stereocenters. The van der Waals surface area contributed by atoms with Crippen molar-refractivity contribution >= 4 is 23.1 Å². The average molecular weight is 420 g/mol. The van der Waals surface area contributed by atoms with Crippen molar-refractivity contribution in [3.05, 3.63) is 113 Å². The number of amides is 1. The Bertz CT molecular complexity index is 958. The van der Waals surface area contributed by atoms with Gasteiger partial charge in [0.25, 0.3) is 5.91 Å². The normalized spacial score (nSPS) is 14.8. The minimum atomic E-state index is -0.429. The number of carbonyl (C=O) groups is 1. The van der Waals surface area contributed by atoms with Gasteiger partial charge in [-0.05, 0) is 42.2 Å². The molecule has 1 saturated heterocycles. The molecule has 0 bridgehead atoms. The summed E-state index contributed by atoms with van der Waals surface area (Å²) in [7, 11) is 0. The van der Waals surface area contributed by atoms with Crippen molar-refractivity contribution in [2.24, 2.45) is 5.41 Å². The number of halogens is 1. The summed E-state index contributed by atoms with van der Waals surface area (Å²) >= 11 is 6.03. The van der Waals surface area contributed by atoms with E-state index in [9.17, 15) is 4.79 Å². The summed E-state index contributed by atoms with van der Waals surface area (Å²) in [6.45, 7) is 8.68. The van der Waals surface area contributed by atoms with Gasteiger partial charge in [0.1, 0.15) is 0 Å². The molecule has 0 aliphatic carbocycles. The number of rotatable bonds is 4. The monoisotopic (exact) mass is 419 g/mol. The molecule has 3 aromatic rings. The number of nitrogens with zero attached hydrogens (tertiary/aromatic N) is 1. The lowest BCUT2D eigenvalue weighted by Gasteiger charge is -2.16. The molecular weight excluding hydrogens is 394 g/mol. The third-order valence-electron chi connectivity index (χ3n) is 4.90. The number of carbonyl (C=O) groups excluding carboxylic acids is 1. The van der Waals surface area contributed by atoms with E-state index in [1.807, 2.05) is 74.5 Å². The van der Waals surface area contributed by atoms with Crippen LogP contribution in [0.5, 0.6) is 0 Å². The van der Waals surface area contributed by atoms with E-state index in [0.717, 1.165) is 11.1 Å². The summed E-state index contributed by atoms with van der Waals surface area (Å²) in [6, 6.07) is 27.9. The lowest BCUT2D eigenvalue weighted by atomic mass is 9.95. The summed E-state index contributed by atoms with van der Waals surface area (Å²) in [5.41, 5.74) is 3.90. The molecule has 4 rings (SSSR count). The van der Waals surface area contributed by atoms with E-state index in [1.165, 1.54) is 16.2 Å². The van der Waals surface area contributed by atoms with Gasteiger partial charge in [-0.15, -0.1) is 0 Å². The van der Waals surface area contributed by atoms with Crippen LogP contribution in [-0.2, 0) is 16.2 Å². The van der Waals surface area contributed by atoms with E-state index < -0.39 is 5.41 Å². The van der Waals surface area contributed by atoms with Gasteiger partial charge in [0.2, 0.25) is 0 Å². The molecule has 0 N–H and O–H groups in total. The average Bonchev–Trinajstić information content (AvgIpc) is 3.03. The Morgan fingerprint density at radius 3 is 1.90 bits per heavy atom. The SMILES string of the molecule is C=C(c1ccccc1)c1ccccc1.CC1(C)CON(Cc2ccccc2Cl)C1=O. The lowest BCUT2D eigenvalue weighted by Crippen LogP contribution is -2.30. The highest BCUT2D eigenvalue weighted by Gasteiger charge is 2.40. The van der Waals surface area contributed by atoms with Crippen molar-refractivity contribution < 1.29 is 9.63 Å². The first-order valence-electron chi connectivity index (χ1n) is 9.86. The summed E-state index contributed by atoms with van der Waals surface area (Å²) in [4.78, 5) is 17.3. The summed E-state index contributed by atoms with van der Waals surface area (Å²) in [5.74, 6) is 0.00687. The molecule has 154 valence electrons. The van der Waals surface area contributed by atoms with Crippen molar-refractivity contribution in [2.75, 3.05) is 6.61 Å². The van der Waals surface area contributed by atoms with Gasteiger partial charge in [0, 0.05) is 5.02 Å². The van der Waals surface area contributed by atoms with Crippen LogP contribution in [0.1, 0.15) is 30.5 Å². The Hall–Kier alpha value is -2.88. The van der Waals surface area contributed by atoms with Crippen LogP contribution in [0.2, 0.25) is 5.02 Å². The van der Waals surface area contributed by atoms with Gasteiger partial charge >= 0.3 is 0 Å². The number of hydrogen-bond acceptors (Lipinski definition) is 2. The standard InChI is InChI=1S/C14H12.C12H14ClNO2/c1-12(13-8-4-2-5-9-13)14-10-6-3-7-11-14;1-12(2)8-16-14(11(12)15)7-9-5-3-4-6-10(9)13/h2-11H,1H2;3-6H,7-8H2,1-2H3. The lowest BCUT2D eigenvalue weighted by molar-refractivity contribution is -0.165. The van der Waals surface area contributed by atoms with E-state index >= 15 is 0 Å². The molecule has 3 aromatic carbocycles. The molecule has 1 aliphatic heterocycles. The second kappa shape index (κ2) is 9.75. The molecule has 1 amide bonds. The Morgan fingerprint density at radius 1 is 0.933 bits per heavy atom. The third-order valence-corrected chi connectivity index (χ3v) is 5.27. The van der Waals surface area contributed by atoms with Crippen molar-refractivity contribution in [1.82, 2.24) is 5.06 Å². The minimum Gasteiger partial charge on any atom is -0.272 e. The smallest absolute Gasteiger partial charge is 0.254 e. The fraction of sp³-hybridized carbons (Fsp3) is 0.192. The molecule has 0 aromatic heterocycles. The zero-order valence-electron chi connectivity index (χ0n) is 17.3. The quantitative estimate of drug-likeness (QED) is 0.490. The molecule has 3 nitrogen and oxygen atoms in total. The third kappa shape index (κ3) is 5.38. The van der Waals surface area contributed by atoms with E-state index in [0.29, 0.717) is 18.2 Å². The van der Waals surface area contributed by atoms with Crippen molar-refractivity contribution in [3.8, 4) is 0 Å². The summed E-state index contributed by atoms with van der Waals surface area (Å²) in [6.07, 6.45) is 0. The van der Waals surface area contributed by atoms with E-state index in [4.69, 9.17) is 16.4 Å². The Labute approximate surface area is 183 Å². The summed E-state index contributed by atoms with van der Waals surface area (Å²) in [5, 5.41) is 2.05. The van der Waals surface area contributed by atoms with Crippen LogP contribution in [0.25, 0.3) is 5.57 Å². The zero-order chi connectivity index (χ0) is 21.6. The fourth-order valence-corrected chi connectivity index (χ4v) is 3.24. The van der Waals surface area contributed by atoms with Crippen LogP contribution >= 0.6 is 11.6 Å². The maximum Gasteiger partial charge on any atom is 0.254 e. The van der Waals surface area contributed by atoms with Crippen LogP contribution < -0.4 is 0 Å². The van der Waals surface area contributed by atoms with Crippen LogP contribution in [0.15, 0.2) is 91.5 Å². The van der Waals surface area contributed by atoms with Gasteiger partial charge in [-0.25, -0.2) is 5.06 Å². The van der Waals surface area contributed by atoms with Gasteiger partial charge in [-0.2, -0.15) is 0 Å². The first-order chi connectivity index (χ1) is 14.4. The molecule has 1 fully saturated rings. The molecule has 0 atom stereocenters. The van der Waals surface area contributed by atoms with E-state index in [2.05, 4.69) is 30.8 Å². The fourth-order valence-electron chi connectivity index (χ4n) is 3.04.